The molecular weight excluding hydrogens is 435 g/mol. The number of halogens is 3. The quantitative estimate of drug-likeness (QED) is 0.527. The minimum Gasteiger partial charge on any atom is -0.475 e. The summed E-state index contributed by atoms with van der Waals surface area (Å²) in [6, 6.07) is 12.2. The molecule has 0 aliphatic carbocycles. The standard InChI is InChI=1S/C22H21N3O.C2HF3O2/c1-14-4-3-5-15(2)18(14)7-6-17-12-16(8-10-23-17)21-13-19-20(25-21)9-11-24-22(19)26;3-2(4,5)1(6)7/h3-8,10,12-13,25H,9,11H2,1-2H3,(H,24,26);(H,6,7). The first-order chi connectivity index (χ1) is 15.6. The molecule has 33 heavy (non-hydrogen) atoms. The van der Waals surface area contributed by atoms with Crippen LogP contribution in [0.1, 0.15) is 38.4 Å². The molecule has 3 N–H and O–H groups in total. The highest BCUT2D eigenvalue weighted by Gasteiger charge is 2.38. The summed E-state index contributed by atoms with van der Waals surface area (Å²) in [6.45, 7) is 4.92. The largest absolute Gasteiger partial charge is 0.490 e. The molecule has 0 bridgehead atoms. The Morgan fingerprint density at radius 1 is 1.12 bits per heavy atom. The van der Waals surface area contributed by atoms with Crippen molar-refractivity contribution in [3.63, 3.8) is 0 Å². The third kappa shape index (κ3) is 5.88. The molecule has 6 nitrogen and oxygen atoms in total. The minimum absolute atomic E-state index is 0.00189. The maximum atomic E-state index is 12.0. The van der Waals surface area contributed by atoms with Gasteiger partial charge in [0.1, 0.15) is 0 Å². The van der Waals surface area contributed by atoms with Crippen LogP contribution in [-0.2, 0) is 11.2 Å². The molecule has 0 spiro atoms. The number of carbonyl (C=O) groups is 2. The first kappa shape index (κ1) is 23.8. The van der Waals surface area contributed by atoms with Crippen LogP contribution in [0.2, 0.25) is 0 Å². The smallest absolute Gasteiger partial charge is 0.475 e. The molecule has 0 unspecified atom stereocenters. The first-order valence-electron chi connectivity index (χ1n) is 10.1. The lowest BCUT2D eigenvalue weighted by Gasteiger charge is -2.10. The van der Waals surface area contributed by atoms with E-state index in [4.69, 9.17) is 9.90 Å². The van der Waals surface area contributed by atoms with Gasteiger partial charge in [0, 0.05) is 36.1 Å². The zero-order valence-electron chi connectivity index (χ0n) is 18.0. The number of hydrogen-bond acceptors (Lipinski definition) is 3. The van der Waals surface area contributed by atoms with Crippen LogP contribution in [0, 0.1) is 13.8 Å². The van der Waals surface area contributed by atoms with Gasteiger partial charge in [-0.3, -0.25) is 9.78 Å². The van der Waals surface area contributed by atoms with Gasteiger partial charge in [0.05, 0.1) is 11.3 Å². The van der Waals surface area contributed by atoms with Gasteiger partial charge >= 0.3 is 12.1 Å². The van der Waals surface area contributed by atoms with Crippen LogP contribution in [0.4, 0.5) is 13.2 Å². The average Bonchev–Trinajstić information content (AvgIpc) is 3.19. The van der Waals surface area contributed by atoms with E-state index in [-0.39, 0.29) is 5.91 Å². The molecule has 3 aromatic rings. The summed E-state index contributed by atoms with van der Waals surface area (Å²) in [6.07, 6.45) is 1.71. The molecule has 4 rings (SSSR count). The van der Waals surface area contributed by atoms with Crippen molar-refractivity contribution in [2.45, 2.75) is 26.4 Å². The summed E-state index contributed by atoms with van der Waals surface area (Å²) < 4.78 is 31.7. The lowest BCUT2D eigenvalue weighted by Crippen LogP contribution is -2.31. The van der Waals surface area contributed by atoms with Crippen molar-refractivity contribution in [1.29, 1.82) is 0 Å². The van der Waals surface area contributed by atoms with Crippen molar-refractivity contribution in [1.82, 2.24) is 15.3 Å². The fraction of sp³-hybridized carbons (Fsp3) is 0.208. The highest BCUT2D eigenvalue weighted by molar-refractivity contribution is 5.97. The number of nitrogens with one attached hydrogen (secondary N) is 2. The van der Waals surface area contributed by atoms with Crippen molar-refractivity contribution in [2.24, 2.45) is 0 Å². The van der Waals surface area contributed by atoms with E-state index in [1.54, 1.807) is 6.20 Å². The van der Waals surface area contributed by atoms with E-state index in [0.717, 1.165) is 34.6 Å². The van der Waals surface area contributed by atoms with Crippen LogP contribution < -0.4 is 5.32 Å². The van der Waals surface area contributed by atoms with Gasteiger partial charge in [0.2, 0.25) is 0 Å². The Morgan fingerprint density at radius 3 is 2.39 bits per heavy atom. The zero-order chi connectivity index (χ0) is 24.2. The number of aryl methyl sites for hydroxylation is 2. The number of rotatable bonds is 3. The highest BCUT2D eigenvalue weighted by atomic mass is 19.4. The molecule has 1 amide bonds. The van der Waals surface area contributed by atoms with Crippen molar-refractivity contribution >= 4 is 24.0 Å². The first-order valence-corrected chi connectivity index (χ1v) is 10.1. The second-order valence-electron chi connectivity index (χ2n) is 7.49. The predicted octanol–water partition coefficient (Wildman–Crippen LogP) is 4.78. The number of aromatic nitrogens is 2. The molecule has 172 valence electrons. The summed E-state index contributed by atoms with van der Waals surface area (Å²) in [5, 5.41) is 10.0. The second kappa shape index (κ2) is 9.72. The van der Waals surface area contributed by atoms with E-state index >= 15 is 0 Å². The second-order valence-corrected chi connectivity index (χ2v) is 7.49. The number of carboxylic acid groups (broad SMARTS) is 1. The summed E-state index contributed by atoms with van der Waals surface area (Å²) >= 11 is 0. The SMILES string of the molecule is Cc1cccc(C)c1C=Cc1cc(-c2cc3c([nH]2)CCNC3=O)ccn1.O=C(O)C(F)(F)F. The lowest BCUT2D eigenvalue weighted by molar-refractivity contribution is -0.192. The average molecular weight is 457 g/mol. The number of pyridine rings is 1. The number of aromatic amines is 1. The minimum atomic E-state index is -5.08. The van der Waals surface area contributed by atoms with Crippen LogP contribution in [0.3, 0.4) is 0 Å². The topological polar surface area (TPSA) is 95.1 Å². The zero-order valence-corrected chi connectivity index (χ0v) is 18.0. The molecular formula is C24H22F3N3O3. The van der Waals surface area contributed by atoms with Crippen LogP contribution >= 0.6 is 0 Å². The van der Waals surface area contributed by atoms with Gasteiger partial charge in [-0.1, -0.05) is 24.3 Å². The number of amides is 1. The molecule has 0 saturated carbocycles. The van der Waals surface area contributed by atoms with Gasteiger partial charge in [-0.05, 0) is 54.8 Å². The van der Waals surface area contributed by atoms with Gasteiger partial charge in [-0.25, -0.2) is 4.79 Å². The maximum absolute atomic E-state index is 12.0. The molecule has 0 atom stereocenters. The number of fused-ring (bicyclic) bond motifs is 1. The van der Waals surface area contributed by atoms with Gasteiger partial charge in [-0.15, -0.1) is 0 Å². The summed E-state index contributed by atoms with van der Waals surface area (Å²) in [4.78, 5) is 28.7. The van der Waals surface area contributed by atoms with E-state index in [9.17, 15) is 18.0 Å². The summed E-state index contributed by atoms with van der Waals surface area (Å²) in [5.41, 5.74) is 8.36. The van der Waals surface area contributed by atoms with Crippen molar-refractivity contribution in [3.05, 3.63) is 76.2 Å². The molecule has 1 aromatic carbocycles. The van der Waals surface area contributed by atoms with Gasteiger partial charge in [0.25, 0.3) is 5.91 Å². The number of H-pyrrole nitrogens is 1. The Morgan fingerprint density at radius 2 is 1.79 bits per heavy atom. The Labute approximate surface area is 188 Å². The third-order valence-electron chi connectivity index (χ3n) is 5.10. The molecule has 0 saturated heterocycles. The Hall–Kier alpha value is -3.88. The van der Waals surface area contributed by atoms with Crippen LogP contribution in [-0.4, -0.2) is 39.7 Å². The molecule has 0 radical (unpaired) electrons. The van der Waals surface area contributed by atoms with Crippen LogP contribution in [0.15, 0.2) is 42.6 Å². The third-order valence-corrected chi connectivity index (χ3v) is 5.10. The number of nitrogens with zero attached hydrogens (tertiary/aromatic N) is 1. The van der Waals surface area contributed by atoms with E-state index in [1.165, 1.54) is 16.7 Å². The molecule has 1 aliphatic heterocycles. The highest BCUT2D eigenvalue weighted by Crippen LogP contribution is 2.25. The lowest BCUT2D eigenvalue weighted by atomic mass is 10.0. The van der Waals surface area contributed by atoms with Gasteiger partial charge < -0.3 is 15.4 Å². The van der Waals surface area contributed by atoms with Crippen molar-refractivity contribution in [2.75, 3.05) is 6.54 Å². The molecule has 0 fully saturated rings. The van der Waals surface area contributed by atoms with Crippen molar-refractivity contribution < 1.29 is 27.9 Å². The number of carbonyl (C=O) groups excluding carboxylic acids is 1. The normalized spacial score (nSPS) is 13.2. The number of alkyl halides is 3. The molecule has 1 aliphatic rings. The molecule has 3 heterocycles. The summed E-state index contributed by atoms with van der Waals surface area (Å²) in [5.74, 6) is -2.76. The number of aliphatic carboxylic acids is 1. The maximum Gasteiger partial charge on any atom is 0.490 e. The van der Waals surface area contributed by atoms with Gasteiger partial charge in [-0.2, -0.15) is 13.2 Å². The van der Waals surface area contributed by atoms with Crippen LogP contribution in [0.5, 0.6) is 0 Å². The molecule has 2 aromatic heterocycles. The monoisotopic (exact) mass is 457 g/mol. The van der Waals surface area contributed by atoms with E-state index in [0.29, 0.717) is 6.54 Å². The van der Waals surface area contributed by atoms with E-state index in [2.05, 4.69) is 53.4 Å². The van der Waals surface area contributed by atoms with Gasteiger partial charge in [0.15, 0.2) is 0 Å². The predicted molar refractivity (Wildman–Crippen MR) is 119 cm³/mol. The van der Waals surface area contributed by atoms with E-state index in [1.807, 2.05) is 24.3 Å². The van der Waals surface area contributed by atoms with Crippen molar-refractivity contribution in [3.8, 4) is 11.3 Å². The number of carboxylic acids is 1. The number of benzene rings is 1. The number of hydrogen-bond donors (Lipinski definition) is 3. The Kier molecular flexibility index (Phi) is 7.01. The van der Waals surface area contributed by atoms with Crippen LogP contribution in [0.25, 0.3) is 23.4 Å². The summed E-state index contributed by atoms with van der Waals surface area (Å²) in [7, 11) is 0. The Balaban J connectivity index is 0.000000383. The van der Waals surface area contributed by atoms with E-state index < -0.39 is 12.1 Å². The Bertz CT molecular complexity index is 1190. The fourth-order valence-electron chi connectivity index (χ4n) is 3.41. The fourth-order valence-corrected chi connectivity index (χ4v) is 3.41. The molecule has 9 heteroatoms.